The number of rotatable bonds is 9. The molecule has 1 aliphatic rings. The first-order valence-corrected chi connectivity index (χ1v) is 13.8. The Morgan fingerprint density at radius 1 is 1.11 bits per heavy atom. The third-order valence-corrected chi connectivity index (χ3v) is 6.74. The predicted molar refractivity (Wildman–Crippen MR) is 152 cm³/mol. The van der Waals surface area contributed by atoms with Crippen LogP contribution < -0.4 is 10.1 Å². The Balaban J connectivity index is 1.80. The fraction of sp³-hybridized carbons (Fsp3) is 0.533. The summed E-state index contributed by atoms with van der Waals surface area (Å²) in [5.74, 6) is 0.495. The molecule has 0 fully saturated rings. The molecule has 1 atom stereocenters. The molecule has 0 saturated carbocycles. The van der Waals surface area contributed by atoms with E-state index in [1.807, 2.05) is 63.2 Å². The normalized spacial score (nSPS) is 15.6. The molecule has 38 heavy (non-hydrogen) atoms. The second kappa shape index (κ2) is 12.9. The van der Waals surface area contributed by atoms with Crippen molar-refractivity contribution in [2.24, 2.45) is 0 Å². The molecule has 2 aromatic carbocycles. The maximum absolute atomic E-state index is 13.6. The van der Waals surface area contributed by atoms with Gasteiger partial charge < -0.3 is 14.8 Å². The van der Waals surface area contributed by atoms with Crippen molar-refractivity contribution in [2.45, 2.75) is 85.2 Å². The number of benzene rings is 2. The first kappa shape index (κ1) is 29.8. The first-order valence-electron chi connectivity index (χ1n) is 13.4. The number of hydrogen-bond acceptors (Lipinski definition) is 5. The van der Waals surface area contributed by atoms with E-state index >= 15 is 0 Å². The zero-order chi connectivity index (χ0) is 28.0. The number of fused-ring (bicyclic) bond motifs is 1. The van der Waals surface area contributed by atoms with E-state index in [9.17, 15) is 9.59 Å². The largest absolute Gasteiger partial charge is 0.489 e. The number of halogens is 1. The standard InChI is InChI=1S/C30H42ClN3O4/c1-20(2)33(21(3)4)16-14-32-28(35)27-26-12-11-25(37-19-22-9-8-10-24(31)17-22)18-23(26)13-15-34(27)29(36)38-30(5,6)7/h8-12,17-18,20-21,27H,13-16,19H2,1-7H3,(H,32,35). The van der Waals surface area contributed by atoms with E-state index in [0.29, 0.717) is 49.0 Å². The van der Waals surface area contributed by atoms with Gasteiger partial charge in [0.2, 0.25) is 5.91 Å². The van der Waals surface area contributed by atoms with Crippen LogP contribution in [-0.2, 0) is 22.6 Å². The van der Waals surface area contributed by atoms with Crippen LogP contribution in [0.25, 0.3) is 0 Å². The summed E-state index contributed by atoms with van der Waals surface area (Å²) in [7, 11) is 0. The molecule has 2 aromatic rings. The molecular formula is C30H42ClN3O4. The van der Waals surface area contributed by atoms with Gasteiger partial charge in [0.25, 0.3) is 0 Å². The van der Waals surface area contributed by atoms with Gasteiger partial charge in [-0.05, 0) is 95.8 Å². The molecule has 0 aliphatic carbocycles. The monoisotopic (exact) mass is 543 g/mol. The van der Waals surface area contributed by atoms with E-state index in [0.717, 1.165) is 23.2 Å². The number of nitrogens with one attached hydrogen (secondary N) is 1. The van der Waals surface area contributed by atoms with Crippen LogP contribution >= 0.6 is 11.6 Å². The van der Waals surface area contributed by atoms with E-state index in [1.165, 1.54) is 4.90 Å². The lowest BCUT2D eigenvalue weighted by atomic mass is 9.92. The van der Waals surface area contributed by atoms with Crippen molar-refractivity contribution < 1.29 is 19.1 Å². The maximum atomic E-state index is 13.6. The van der Waals surface area contributed by atoms with Gasteiger partial charge in [0.1, 0.15) is 24.0 Å². The molecule has 0 aromatic heterocycles. The maximum Gasteiger partial charge on any atom is 0.411 e. The van der Waals surface area contributed by atoms with E-state index in [-0.39, 0.29) is 5.91 Å². The van der Waals surface area contributed by atoms with E-state index in [4.69, 9.17) is 21.1 Å². The van der Waals surface area contributed by atoms with Crippen molar-refractivity contribution in [1.29, 1.82) is 0 Å². The van der Waals surface area contributed by atoms with Gasteiger partial charge in [0.15, 0.2) is 0 Å². The summed E-state index contributed by atoms with van der Waals surface area (Å²) in [5, 5.41) is 3.74. The molecule has 2 amide bonds. The molecule has 0 radical (unpaired) electrons. The number of ether oxygens (including phenoxy) is 2. The van der Waals surface area contributed by atoms with Crippen molar-refractivity contribution in [1.82, 2.24) is 15.1 Å². The lowest BCUT2D eigenvalue weighted by molar-refractivity contribution is -0.127. The van der Waals surface area contributed by atoms with Gasteiger partial charge in [0, 0.05) is 36.7 Å². The third-order valence-electron chi connectivity index (χ3n) is 6.51. The average Bonchev–Trinajstić information content (AvgIpc) is 2.82. The molecule has 1 aliphatic heterocycles. The number of hydrogen-bond donors (Lipinski definition) is 1. The molecule has 3 rings (SSSR count). The molecular weight excluding hydrogens is 502 g/mol. The Morgan fingerprint density at radius 2 is 1.82 bits per heavy atom. The summed E-state index contributed by atoms with van der Waals surface area (Å²) in [6, 6.07) is 13.2. The lowest BCUT2D eigenvalue weighted by Crippen LogP contribution is -2.50. The third kappa shape index (κ3) is 8.11. The van der Waals surface area contributed by atoms with E-state index in [2.05, 4.69) is 37.9 Å². The summed E-state index contributed by atoms with van der Waals surface area (Å²) in [6.07, 6.45) is 0.108. The number of carbonyl (C=O) groups is 2. The topological polar surface area (TPSA) is 71.1 Å². The van der Waals surface area contributed by atoms with E-state index < -0.39 is 17.7 Å². The van der Waals surface area contributed by atoms with Crippen molar-refractivity contribution in [2.75, 3.05) is 19.6 Å². The highest BCUT2D eigenvalue weighted by Gasteiger charge is 2.38. The minimum Gasteiger partial charge on any atom is -0.489 e. The van der Waals surface area contributed by atoms with Gasteiger partial charge in [-0.2, -0.15) is 0 Å². The fourth-order valence-electron chi connectivity index (χ4n) is 4.80. The SMILES string of the molecule is CC(C)N(CCNC(=O)C1c2ccc(OCc3cccc(Cl)c3)cc2CCN1C(=O)OC(C)(C)C)C(C)C. The van der Waals surface area contributed by atoms with Gasteiger partial charge in [-0.1, -0.05) is 29.8 Å². The molecule has 8 heteroatoms. The number of carbonyl (C=O) groups excluding carboxylic acids is 2. The van der Waals surface area contributed by atoms with Crippen LogP contribution in [0.1, 0.15) is 71.2 Å². The highest BCUT2D eigenvalue weighted by atomic mass is 35.5. The molecule has 1 heterocycles. The Kier molecular flexibility index (Phi) is 10.1. The van der Waals surface area contributed by atoms with Gasteiger partial charge in [-0.15, -0.1) is 0 Å². The molecule has 1 N–H and O–H groups in total. The lowest BCUT2D eigenvalue weighted by Gasteiger charge is -2.37. The molecule has 0 bridgehead atoms. The second-order valence-electron chi connectivity index (χ2n) is 11.3. The van der Waals surface area contributed by atoms with E-state index in [1.54, 1.807) is 0 Å². The minimum absolute atomic E-state index is 0.211. The van der Waals surface area contributed by atoms with Crippen LogP contribution in [0, 0.1) is 0 Å². The summed E-state index contributed by atoms with van der Waals surface area (Å²) in [4.78, 5) is 30.6. The zero-order valence-electron chi connectivity index (χ0n) is 23.7. The zero-order valence-corrected chi connectivity index (χ0v) is 24.5. The Hall–Kier alpha value is -2.77. The summed E-state index contributed by atoms with van der Waals surface area (Å²) in [5.41, 5.74) is 2.09. The summed E-state index contributed by atoms with van der Waals surface area (Å²) in [6.45, 7) is 16.1. The summed E-state index contributed by atoms with van der Waals surface area (Å²) < 4.78 is 11.7. The Morgan fingerprint density at radius 3 is 2.45 bits per heavy atom. The second-order valence-corrected chi connectivity index (χ2v) is 11.8. The quantitative estimate of drug-likeness (QED) is 0.421. The highest BCUT2D eigenvalue weighted by molar-refractivity contribution is 6.30. The molecule has 0 saturated heterocycles. The summed E-state index contributed by atoms with van der Waals surface area (Å²) >= 11 is 6.09. The van der Waals surface area contributed by atoms with Crippen LogP contribution in [0.3, 0.4) is 0 Å². The smallest absolute Gasteiger partial charge is 0.411 e. The molecule has 0 spiro atoms. The van der Waals surface area contributed by atoms with Crippen LogP contribution in [0.5, 0.6) is 5.75 Å². The van der Waals surface area contributed by atoms with Gasteiger partial charge in [-0.25, -0.2) is 4.79 Å². The van der Waals surface area contributed by atoms with Crippen LogP contribution in [0.4, 0.5) is 4.79 Å². The first-order chi connectivity index (χ1) is 17.9. The van der Waals surface area contributed by atoms with Crippen LogP contribution in [0.2, 0.25) is 5.02 Å². The molecule has 208 valence electrons. The number of nitrogens with zero attached hydrogens (tertiary/aromatic N) is 2. The van der Waals surface area contributed by atoms with Crippen molar-refractivity contribution >= 4 is 23.6 Å². The fourth-order valence-corrected chi connectivity index (χ4v) is 5.02. The molecule has 7 nitrogen and oxygen atoms in total. The Bertz CT molecular complexity index is 1100. The van der Waals surface area contributed by atoms with Crippen molar-refractivity contribution in [3.8, 4) is 5.75 Å². The van der Waals surface area contributed by atoms with Crippen molar-refractivity contribution in [3.05, 3.63) is 64.2 Å². The number of amides is 2. The Labute approximate surface area is 232 Å². The van der Waals surface area contributed by atoms with Crippen LogP contribution in [0.15, 0.2) is 42.5 Å². The minimum atomic E-state index is -0.776. The van der Waals surface area contributed by atoms with Crippen LogP contribution in [-0.4, -0.2) is 59.1 Å². The van der Waals surface area contributed by atoms with Gasteiger partial charge >= 0.3 is 6.09 Å². The predicted octanol–water partition coefficient (Wildman–Crippen LogP) is 5.99. The highest BCUT2D eigenvalue weighted by Crippen LogP contribution is 2.34. The van der Waals surface area contributed by atoms with Gasteiger partial charge in [-0.3, -0.25) is 14.6 Å². The molecule has 1 unspecified atom stereocenters. The van der Waals surface area contributed by atoms with Gasteiger partial charge in [0.05, 0.1) is 0 Å². The van der Waals surface area contributed by atoms with Crippen molar-refractivity contribution in [3.63, 3.8) is 0 Å². The average molecular weight is 544 g/mol.